The molecule has 32 heavy (non-hydrogen) atoms. The number of nitro groups is 1. The van der Waals surface area contributed by atoms with Crippen LogP contribution in [0.4, 0.5) is 11.6 Å². The van der Waals surface area contributed by atoms with E-state index in [1.165, 1.54) is 6.07 Å². The topological polar surface area (TPSA) is 141 Å². The lowest BCUT2D eigenvalue weighted by molar-refractivity contribution is -0.402. The number of pyridine rings is 1. The van der Waals surface area contributed by atoms with Gasteiger partial charge in [0.1, 0.15) is 4.92 Å². The van der Waals surface area contributed by atoms with Gasteiger partial charge in [0.25, 0.3) is 5.91 Å². The van der Waals surface area contributed by atoms with Crippen molar-refractivity contribution in [2.45, 2.75) is 0 Å². The van der Waals surface area contributed by atoms with Gasteiger partial charge in [0.15, 0.2) is 17.2 Å². The monoisotopic (exact) mass is 427 g/mol. The first-order chi connectivity index (χ1) is 15.6. The Labute approximate surface area is 179 Å². The summed E-state index contributed by atoms with van der Waals surface area (Å²) in [4.78, 5) is 26.2. The van der Waals surface area contributed by atoms with Crippen LogP contribution in [0.2, 0.25) is 0 Å². The number of nitrogens with zero attached hydrogens (tertiary/aromatic N) is 6. The van der Waals surface area contributed by atoms with Gasteiger partial charge < -0.3 is 9.73 Å². The van der Waals surface area contributed by atoms with Gasteiger partial charge in [0, 0.05) is 29.2 Å². The number of nitrogens with one attached hydrogen (secondary N) is 1. The molecule has 4 heterocycles. The second-order valence-electron chi connectivity index (χ2n) is 6.67. The first-order valence-corrected chi connectivity index (χ1v) is 9.37. The van der Waals surface area contributed by atoms with Gasteiger partial charge in [0.2, 0.25) is 0 Å². The molecule has 5 aromatic rings. The number of aromatic nitrogens is 5. The molecule has 0 unspecified atom stereocenters. The number of carbonyl (C=O) groups is 1. The van der Waals surface area contributed by atoms with E-state index in [9.17, 15) is 14.9 Å². The lowest BCUT2D eigenvalue weighted by atomic mass is 10.1. The number of fused-ring (bicyclic) bond motifs is 1. The van der Waals surface area contributed by atoms with E-state index in [1.807, 2.05) is 24.3 Å². The van der Waals surface area contributed by atoms with Crippen LogP contribution in [-0.4, -0.2) is 35.6 Å². The Bertz CT molecular complexity index is 1440. The first kappa shape index (κ1) is 19.1. The van der Waals surface area contributed by atoms with Crippen LogP contribution in [-0.2, 0) is 0 Å². The highest BCUT2D eigenvalue weighted by Crippen LogP contribution is 2.23. The summed E-state index contributed by atoms with van der Waals surface area (Å²) in [6, 6.07) is 16.7. The predicted octanol–water partition coefficient (Wildman–Crippen LogP) is 3.61. The maximum Gasteiger partial charge on any atom is 0.433 e. The van der Waals surface area contributed by atoms with E-state index in [0.717, 1.165) is 17.2 Å². The minimum Gasteiger partial charge on any atom is -0.395 e. The van der Waals surface area contributed by atoms with Gasteiger partial charge in [-0.3, -0.25) is 19.9 Å². The summed E-state index contributed by atoms with van der Waals surface area (Å²) in [6.07, 6.45) is 3.35. The number of benzene rings is 1. The smallest absolute Gasteiger partial charge is 0.395 e. The molecule has 0 atom stereocenters. The number of hydrogen-bond donors (Lipinski definition) is 1. The number of amides is 1. The van der Waals surface area contributed by atoms with E-state index in [0.29, 0.717) is 22.9 Å². The molecule has 0 radical (unpaired) electrons. The maximum absolute atomic E-state index is 12.2. The number of rotatable bonds is 5. The highest BCUT2D eigenvalue weighted by molar-refractivity contribution is 6.02. The van der Waals surface area contributed by atoms with Gasteiger partial charge in [-0.25, -0.2) is 0 Å². The predicted molar refractivity (Wildman–Crippen MR) is 113 cm³/mol. The van der Waals surface area contributed by atoms with Crippen molar-refractivity contribution in [1.82, 2.24) is 24.8 Å². The molecule has 1 amide bonds. The molecule has 0 saturated heterocycles. The molecule has 0 aliphatic carbocycles. The standard InChI is InChI=1S/C21H13N7O4/c29-21(17-6-8-19(32-17)28(30)31)23-15-3-1-13(2-4-15)16-5-7-18-24-25-20(27(18)26-16)14-9-11-22-12-10-14/h1-12H,(H,23,29). The summed E-state index contributed by atoms with van der Waals surface area (Å²) in [5, 5.41) is 26.3. The van der Waals surface area contributed by atoms with Gasteiger partial charge in [-0.1, -0.05) is 12.1 Å². The van der Waals surface area contributed by atoms with Crippen LogP contribution in [0.15, 0.2) is 77.5 Å². The Kier molecular flexibility index (Phi) is 4.60. The fourth-order valence-electron chi connectivity index (χ4n) is 3.09. The molecule has 1 aromatic carbocycles. The van der Waals surface area contributed by atoms with Crippen molar-refractivity contribution < 1.29 is 14.1 Å². The Morgan fingerprint density at radius 2 is 1.72 bits per heavy atom. The van der Waals surface area contributed by atoms with Crippen LogP contribution in [0.5, 0.6) is 0 Å². The lowest BCUT2D eigenvalue weighted by Gasteiger charge is -2.06. The van der Waals surface area contributed by atoms with Gasteiger partial charge in [-0.05, 0) is 42.5 Å². The molecule has 0 bridgehead atoms. The summed E-state index contributed by atoms with van der Waals surface area (Å²) in [6.45, 7) is 0. The number of furan rings is 1. The number of anilines is 1. The fraction of sp³-hybridized carbons (Fsp3) is 0. The summed E-state index contributed by atoms with van der Waals surface area (Å²) in [7, 11) is 0. The van der Waals surface area contributed by atoms with Crippen molar-refractivity contribution in [3.8, 4) is 22.6 Å². The molecule has 11 heteroatoms. The Morgan fingerprint density at radius 3 is 2.44 bits per heavy atom. The van der Waals surface area contributed by atoms with Crippen molar-refractivity contribution in [3.05, 3.63) is 88.9 Å². The molecule has 0 aliphatic rings. The lowest BCUT2D eigenvalue weighted by Crippen LogP contribution is -2.10. The third-order valence-corrected chi connectivity index (χ3v) is 4.64. The Morgan fingerprint density at radius 1 is 0.938 bits per heavy atom. The largest absolute Gasteiger partial charge is 0.433 e. The van der Waals surface area contributed by atoms with Crippen LogP contribution in [0.3, 0.4) is 0 Å². The van der Waals surface area contributed by atoms with Crippen LogP contribution >= 0.6 is 0 Å². The van der Waals surface area contributed by atoms with Crippen molar-refractivity contribution in [3.63, 3.8) is 0 Å². The summed E-state index contributed by atoms with van der Waals surface area (Å²) in [5.74, 6) is -0.631. The first-order valence-electron chi connectivity index (χ1n) is 9.37. The molecule has 0 spiro atoms. The molecular weight excluding hydrogens is 414 g/mol. The van der Waals surface area contributed by atoms with E-state index in [4.69, 9.17) is 4.42 Å². The average molecular weight is 427 g/mol. The maximum atomic E-state index is 12.2. The zero-order chi connectivity index (χ0) is 22.1. The Hall–Kier alpha value is -4.93. The Balaban J connectivity index is 1.38. The fourth-order valence-corrected chi connectivity index (χ4v) is 3.09. The zero-order valence-corrected chi connectivity index (χ0v) is 16.2. The average Bonchev–Trinajstić information content (AvgIpc) is 3.48. The zero-order valence-electron chi connectivity index (χ0n) is 16.2. The molecule has 5 rings (SSSR count). The molecule has 0 fully saturated rings. The molecule has 156 valence electrons. The van der Waals surface area contributed by atoms with Crippen molar-refractivity contribution >= 4 is 23.1 Å². The minimum absolute atomic E-state index is 0.149. The van der Waals surface area contributed by atoms with E-state index in [2.05, 4.69) is 25.6 Å². The van der Waals surface area contributed by atoms with E-state index < -0.39 is 16.7 Å². The SMILES string of the molecule is O=C(Nc1ccc(-c2ccc3nnc(-c4ccncc4)n3n2)cc1)c1ccc([N+](=O)[O-])o1. The molecule has 1 N–H and O–H groups in total. The summed E-state index contributed by atoms with van der Waals surface area (Å²) in [5.41, 5.74) is 3.45. The van der Waals surface area contributed by atoms with Crippen LogP contribution in [0.25, 0.3) is 28.3 Å². The number of carbonyl (C=O) groups excluding carboxylic acids is 1. The van der Waals surface area contributed by atoms with Crippen molar-refractivity contribution in [2.24, 2.45) is 0 Å². The minimum atomic E-state index is -0.703. The second-order valence-corrected chi connectivity index (χ2v) is 6.67. The van der Waals surface area contributed by atoms with Crippen molar-refractivity contribution in [2.75, 3.05) is 5.32 Å². The highest BCUT2D eigenvalue weighted by atomic mass is 16.6. The molecule has 4 aromatic heterocycles. The van der Waals surface area contributed by atoms with E-state index in [1.54, 1.807) is 41.2 Å². The highest BCUT2D eigenvalue weighted by Gasteiger charge is 2.17. The van der Waals surface area contributed by atoms with Crippen LogP contribution < -0.4 is 5.32 Å². The van der Waals surface area contributed by atoms with E-state index >= 15 is 0 Å². The molecule has 0 aliphatic heterocycles. The van der Waals surface area contributed by atoms with E-state index in [-0.39, 0.29) is 5.76 Å². The normalized spacial score (nSPS) is 10.9. The third-order valence-electron chi connectivity index (χ3n) is 4.64. The van der Waals surface area contributed by atoms with Crippen molar-refractivity contribution in [1.29, 1.82) is 0 Å². The molecule has 11 nitrogen and oxygen atoms in total. The third kappa shape index (κ3) is 3.54. The number of hydrogen-bond acceptors (Lipinski definition) is 8. The molecular formula is C21H13N7O4. The van der Waals surface area contributed by atoms with Crippen LogP contribution in [0, 0.1) is 10.1 Å². The van der Waals surface area contributed by atoms with Gasteiger partial charge in [0.05, 0.1) is 11.8 Å². The van der Waals surface area contributed by atoms with Crippen LogP contribution in [0.1, 0.15) is 10.6 Å². The molecule has 0 saturated carbocycles. The second kappa shape index (κ2) is 7.72. The quantitative estimate of drug-likeness (QED) is 0.331. The summed E-state index contributed by atoms with van der Waals surface area (Å²) >= 11 is 0. The van der Waals surface area contributed by atoms with Gasteiger partial charge in [-0.2, -0.15) is 9.61 Å². The van der Waals surface area contributed by atoms with Gasteiger partial charge in [-0.15, -0.1) is 10.2 Å². The van der Waals surface area contributed by atoms with Gasteiger partial charge >= 0.3 is 5.88 Å². The summed E-state index contributed by atoms with van der Waals surface area (Å²) < 4.78 is 6.57.